The Bertz CT molecular complexity index is 990. The van der Waals surface area contributed by atoms with Crippen molar-refractivity contribution in [2.75, 3.05) is 6.61 Å². The van der Waals surface area contributed by atoms with Crippen molar-refractivity contribution < 1.29 is 29.0 Å². The highest BCUT2D eigenvalue weighted by Gasteiger charge is 2.12. The van der Waals surface area contributed by atoms with Gasteiger partial charge in [0.1, 0.15) is 5.75 Å². The molecule has 0 amide bonds. The first-order valence-electron chi connectivity index (χ1n) is 12.7. The Morgan fingerprint density at radius 1 is 0.757 bits per heavy atom. The van der Waals surface area contributed by atoms with E-state index in [1.807, 2.05) is 24.3 Å². The van der Waals surface area contributed by atoms with E-state index < -0.39 is 5.97 Å². The molecule has 0 aliphatic rings. The van der Waals surface area contributed by atoms with Crippen molar-refractivity contribution in [1.29, 1.82) is 0 Å². The fraction of sp³-hybridized carbons (Fsp3) is 0.323. The van der Waals surface area contributed by atoms with Crippen LogP contribution in [0, 0.1) is 5.92 Å². The van der Waals surface area contributed by atoms with Gasteiger partial charge in [0.15, 0.2) is 0 Å². The molecule has 198 valence electrons. The number of carbonyl (C=O) groups excluding carboxylic acids is 2. The number of hydrogen-bond acceptors (Lipinski definition) is 5. The number of carboxylic acids is 1. The molecular weight excluding hydrogens is 468 g/mol. The van der Waals surface area contributed by atoms with Gasteiger partial charge in [-0.3, -0.25) is 4.79 Å². The lowest BCUT2D eigenvalue weighted by atomic mass is 9.97. The molecule has 0 spiro atoms. The maximum absolute atomic E-state index is 11.9. The third-order valence-corrected chi connectivity index (χ3v) is 5.32. The van der Waals surface area contributed by atoms with Crippen molar-refractivity contribution >= 4 is 18.4 Å². The zero-order chi connectivity index (χ0) is 27.1. The molecule has 37 heavy (non-hydrogen) atoms. The van der Waals surface area contributed by atoms with Crippen LogP contribution in [0.25, 0.3) is 0 Å². The van der Waals surface area contributed by atoms with E-state index in [4.69, 9.17) is 9.84 Å². The summed E-state index contributed by atoms with van der Waals surface area (Å²) in [6, 6.07) is 26.4. The van der Waals surface area contributed by atoms with Crippen molar-refractivity contribution in [3.8, 4) is 5.75 Å². The van der Waals surface area contributed by atoms with E-state index in [2.05, 4.69) is 18.6 Å². The molecule has 1 N–H and O–H groups in total. The van der Waals surface area contributed by atoms with Crippen molar-refractivity contribution in [3.05, 3.63) is 102 Å². The number of benzene rings is 3. The topological polar surface area (TPSA) is 89.9 Å². The van der Waals surface area contributed by atoms with Crippen molar-refractivity contribution in [3.63, 3.8) is 0 Å². The Labute approximate surface area is 220 Å². The number of rotatable bonds is 12. The fourth-order valence-corrected chi connectivity index (χ4v) is 3.39. The first-order chi connectivity index (χ1) is 18.0. The first kappa shape index (κ1) is 31.1. The first-order valence-corrected chi connectivity index (χ1v) is 12.7. The van der Waals surface area contributed by atoms with E-state index in [9.17, 15) is 14.4 Å². The second kappa shape index (κ2) is 20.3. The summed E-state index contributed by atoms with van der Waals surface area (Å²) in [6.07, 6.45) is 7.22. The van der Waals surface area contributed by atoms with Gasteiger partial charge in [0.25, 0.3) is 6.47 Å². The Hall–Kier alpha value is -3.93. The quantitative estimate of drug-likeness (QED) is 0.156. The van der Waals surface area contributed by atoms with Gasteiger partial charge >= 0.3 is 11.9 Å². The summed E-state index contributed by atoms with van der Waals surface area (Å²) in [7, 11) is 0. The van der Waals surface area contributed by atoms with Gasteiger partial charge < -0.3 is 14.6 Å². The lowest BCUT2D eigenvalue weighted by Crippen LogP contribution is -2.14. The number of aromatic carboxylic acids is 1. The van der Waals surface area contributed by atoms with Gasteiger partial charge in [-0.2, -0.15) is 0 Å². The lowest BCUT2D eigenvalue weighted by Gasteiger charge is -2.16. The minimum absolute atomic E-state index is 0.197. The SMILES string of the molecule is CCCCCC(CCC)COC(=O)c1ccccc1.O=C(O)c1ccccc1.O=COc1ccccc1. The second-order valence-electron chi connectivity index (χ2n) is 8.31. The molecule has 3 aromatic carbocycles. The molecule has 0 saturated heterocycles. The number of carboxylic acid groups (broad SMARTS) is 1. The molecule has 0 aromatic heterocycles. The van der Waals surface area contributed by atoms with E-state index in [1.165, 1.54) is 25.7 Å². The average molecular weight is 507 g/mol. The van der Waals surface area contributed by atoms with Crippen LogP contribution in [-0.2, 0) is 9.53 Å². The van der Waals surface area contributed by atoms with Crippen LogP contribution in [0.15, 0.2) is 91.0 Å². The van der Waals surface area contributed by atoms with E-state index in [0.717, 1.165) is 12.8 Å². The van der Waals surface area contributed by atoms with Gasteiger partial charge in [-0.25, -0.2) is 9.59 Å². The molecule has 1 atom stereocenters. The van der Waals surface area contributed by atoms with Crippen molar-refractivity contribution in [2.24, 2.45) is 5.92 Å². The summed E-state index contributed by atoms with van der Waals surface area (Å²) >= 11 is 0. The number of para-hydroxylation sites is 1. The minimum Gasteiger partial charge on any atom is -0.478 e. The van der Waals surface area contributed by atoms with E-state index in [0.29, 0.717) is 35.9 Å². The van der Waals surface area contributed by atoms with Crippen LogP contribution >= 0.6 is 0 Å². The Morgan fingerprint density at radius 3 is 1.76 bits per heavy atom. The van der Waals surface area contributed by atoms with Crippen molar-refractivity contribution in [2.45, 2.75) is 52.4 Å². The predicted molar refractivity (Wildman–Crippen MR) is 146 cm³/mol. The number of hydrogen-bond donors (Lipinski definition) is 1. The summed E-state index contributed by atoms with van der Waals surface area (Å²) in [5.41, 5.74) is 0.976. The smallest absolute Gasteiger partial charge is 0.338 e. The predicted octanol–water partition coefficient (Wildman–Crippen LogP) is 7.45. The highest BCUT2D eigenvalue weighted by Crippen LogP contribution is 2.17. The largest absolute Gasteiger partial charge is 0.478 e. The molecule has 3 rings (SSSR count). The lowest BCUT2D eigenvalue weighted by molar-refractivity contribution is -0.120. The molecule has 0 fully saturated rings. The minimum atomic E-state index is -0.879. The number of esters is 1. The summed E-state index contributed by atoms with van der Waals surface area (Å²) in [6.45, 7) is 5.37. The Morgan fingerprint density at radius 2 is 1.30 bits per heavy atom. The highest BCUT2D eigenvalue weighted by molar-refractivity contribution is 5.89. The molecule has 0 saturated carbocycles. The standard InChI is InChI=1S/C17H26O2.2C7H6O2/c1-3-5-7-11-15(10-4-2)14-19-17(18)16-12-8-6-9-13-16;8-6-9-7-4-2-1-3-5-7;8-7(9)6-4-2-1-3-5-6/h6,8-9,12-13,15H,3-5,7,10-11,14H2,1-2H3;1-6H;1-5H,(H,8,9). The zero-order valence-corrected chi connectivity index (χ0v) is 21.8. The Balaban J connectivity index is 0.000000314. The van der Waals surface area contributed by atoms with Crippen LogP contribution in [0.1, 0.15) is 73.1 Å². The molecule has 0 aliphatic heterocycles. The molecule has 1 unspecified atom stereocenters. The average Bonchev–Trinajstić information content (AvgIpc) is 2.94. The third-order valence-electron chi connectivity index (χ3n) is 5.32. The summed E-state index contributed by atoms with van der Waals surface area (Å²) in [5, 5.41) is 8.38. The van der Waals surface area contributed by atoms with Crippen LogP contribution in [-0.4, -0.2) is 30.1 Å². The molecule has 3 aromatic rings. The molecule has 0 aliphatic carbocycles. The molecule has 0 heterocycles. The van der Waals surface area contributed by atoms with E-state index in [1.54, 1.807) is 66.7 Å². The molecule has 6 heteroatoms. The van der Waals surface area contributed by atoms with Gasteiger partial charge in [-0.05, 0) is 55.2 Å². The number of ether oxygens (including phenoxy) is 2. The van der Waals surface area contributed by atoms with E-state index >= 15 is 0 Å². The van der Waals surface area contributed by atoms with Crippen LogP contribution < -0.4 is 4.74 Å². The normalized spacial score (nSPS) is 10.4. The van der Waals surface area contributed by atoms with Gasteiger partial charge in [0.2, 0.25) is 0 Å². The van der Waals surface area contributed by atoms with E-state index in [-0.39, 0.29) is 5.97 Å². The van der Waals surface area contributed by atoms with Crippen LogP contribution in [0.4, 0.5) is 0 Å². The monoisotopic (exact) mass is 506 g/mol. The van der Waals surface area contributed by atoms with Gasteiger partial charge in [0, 0.05) is 0 Å². The fourth-order valence-electron chi connectivity index (χ4n) is 3.39. The summed E-state index contributed by atoms with van der Waals surface area (Å²) < 4.78 is 9.96. The zero-order valence-electron chi connectivity index (χ0n) is 21.8. The molecule has 0 radical (unpaired) electrons. The highest BCUT2D eigenvalue weighted by atomic mass is 16.5. The molecule has 6 nitrogen and oxygen atoms in total. The van der Waals surface area contributed by atoms with Crippen LogP contribution in [0.2, 0.25) is 0 Å². The summed E-state index contributed by atoms with van der Waals surface area (Å²) in [5.74, 6) is 0.0181. The maximum Gasteiger partial charge on any atom is 0.338 e. The van der Waals surface area contributed by atoms with Crippen LogP contribution in [0.3, 0.4) is 0 Å². The Kier molecular flexibility index (Phi) is 17.0. The molecular formula is C31H38O6. The maximum atomic E-state index is 11.9. The van der Waals surface area contributed by atoms with Gasteiger partial charge in [-0.15, -0.1) is 0 Å². The van der Waals surface area contributed by atoms with Crippen LogP contribution in [0.5, 0.6) is 5.75 Å². The van der Waals surface area contributed by atoms with Gasteiger partial charge in [0.05, 0.1) is 17.7 Å². The second-order valence-corrected chi connectivity index (χ2v) is 8.31. The summed E-state index contributed by atoms with van der Waals surface area (Å²) in [4.78, 5) is 31.8. The third kappa shape index (κ3) is 14.9. The van der Waals surface area contributed by atoms with Crippen molar-refractivity contribution in [1.82, 2.24) is 0 Å². The van der Waals surface area contributed by atoms with Gasteiger partial charge in [-0.1, -0.05) is 94.1 Å². The molecule has 0 bridgehead atoms. The number of unbranched alkanes of at least 4 members (excludes halogenated alkanes) is 2. The number of carbonyl (C=O) groups is 3.